The highest BCUT2D eigenvalue weighted by atomic mass is 35.5. The molecule has 3 heterocycles. The minimum Gasteiger partial charge on any atom is -0.352 e. The van der Waals surface area contributed by atoms with E-state index in [1.54, 1.807) is 29.4 Å². The Morgan fingerprint density at radius 2 is 1.68 bits per heavy atom. The van der Waals surface area contributed by atoms with E-state index in [-0.39, 0.29) is 6.03 Å². The summed E-state index contributed by atoms with van der Waals surface area (Å²) in [6.45, 7) is 2.59. The minimum atomic E-state index is -0.146. The Morgan fingerprint density at radius 3 is 2.36 bits per heavy atom. The average molecular weight is 395 g/mol. The van der Waals surface area contributed by atoms with Gasteiger partial charge in [-0.2, -0.15) is 0 Å². The molecule has 4 rings (SSSR count). The van der Waals surface area contributed by atoms with Crippen LogP contribution in [0.1, 0.15) is 0 Å². The van der Waals surface area contributed by atoms with Gasteiger partial charge in [-0.25, -0.2) is 4.79 Å². The van der Waals surface area contributed by atoms with Gasteiger partial charge in [-0.15, -0.1) is 10.2 Å². The molecular weight excluding hydrogens is 376 g/mol. The highest BCUT2D eigenvalue weighted by molar-refractivity contribution is 6.33. The summed E-state index contributed by atoms with van der Waals surface area (Å²) in [7, 11) is 0. The summed E-state index contributed by atoms with van der Waals surface area (Å²) in [5, 5.41) is 12.1. The number of rotatable bonds is 3. The summed E-state index contributed by atoms with van der Waals surface area (Å²) in [6.07, 6.45) is 3.47. The molecule has 3 aromatic rings. The summed E-state index contributed by atoms with van der Waals surface area (Å²) in [5.41, 5.74) is 2.41. The smallest absolute Gasteiger partial charge is 0.322 e. The Morgan fingerprint density at radius 1 is 0.929 bits per heavy atom. The van der Waals surface area contributed by atoms with E-state index in [9.17, 15) is 4.79 Å². The fourth-order valence-electron chi connectivity index (χ4n) is 3.07. The van der Waals surface area contributed by atoms with Crippen LogP contribution >= 0.6 is 11.6 Å². The van der Waals surface area contributed by atoms with Crippen LogP contribution < -0.4 is 10.2 Å². The van der Waals surface area contributed by atoms with Crippen LogP contribution in [0.5, 0.6) is 0 Å². The van der Waals surface area contributed by atoms with E-state index in [4.69, 9.17) is 11.6 Å². The quantitative estimate of drug-likeness (QED) is 0.735. The number of hydrogen-bond acceptors (Lipinski definition) is 5. The molecule has 0 spiro atoms. The zero-order valence-electron chi connectivity index (χ0n) is 15.1. The molecule has 1 N–H and O–H groups in total. The van der Waals surface area contributed by atoms with Gasteiger partial charge in [-0.3, -0.25) is 4.98 Å². The number of aromatic nitrogens is 3. The molecule has 2 aromatic heterocycles. The molecule has 7 nitrogen and oxygen atoms in total. The Bertz CT molecular complexity index is 942. The van der Waals surface area contributed by atoms with Crippen molar-refractivity contribution < 1.29 is 4.79 Å². The zero-order valence-corrected chi connectivity index (χ0v) is 15.9. The largest absolute Gasteiger partial charge is 0.352 e. The van der Waals surface area contributed by atoms with Gasteiger partial charge in [0, 0.05) is 44.1 Å². The number of amides is 2. The molecule has 2 amide bonds. The number of benzene rings is 1. The van der Waals surface area contributed by atoms with Gasteiger partial charge in [0.1, 0.15) is 0 Å². The molecule has 0 atom stereocenters. The average Bonchev–Trinajstić information content (AvgIpc) is 2.76. The zero-order chi connectivity index (χ0) is 19.3. The third-order valence-corrected chi connectivity index (χ3v) is 4.96. The monoisotopic (exact) mass is 394 g/mol. The van der Waals surface area contributed by atoms with Crippen molar-refractivity contribution in [1.29, 1.82) is 0 Å². The molecule has 0 unspecified atom stereocenters. The first kappa shape index (κ1) is 18.2. The summed E-state index contributed by atoms with van der Waals surface area (Å²) in [5.74, 6) is 0.809. The first-order valence-corrected chi connectivity index (χ1v) is 9.38. The van der Waals surface area contributed by atoms with Crippen LogP contribution in [0.4, 0.5) is 16.3 Å². The predicted molar refractivity (Wildman–Crippen MR) is 110 cm³/mol. The number of nitrogens with one attached hydrogen (secondary N) is 1. The van der Waals surface area contributed by atoms with E-state index >= 15 is 0 Å². The number of piperazine rings is 1. The Labute approximate surface area is 168 Å². The number of hydrogen-bond donors (Lipinski definition) is 1. The molecular formula is C20H19ClN6O. The number of pyridine rings is 1. The highest BCUT2D eigenvalue weighted by Crippen LogP contribution is 2.22. The van der Waals surface area contributed by atoms with Crippen LogP contribution in [0.15, 0.2) is 60.9 Å². The lowest BCUT2D eigenvalue weighted by Gasteiger charge is -2.35. The summed E-state index contributed by atoms with van der Waals surface area (Å²) >= 11 is 6.11. The summed E-state index contributed by atoms with van der Waals surface area (Å²) in [6, 6.07) is 14.8. The second-order valence-electron chi connectivity index (χ2n) is 6.40. The van der Waals surface area contributed by atoms with Gasteiger partial charge in [0.25, 0.3) is 0 Å². The van der Waals surface area contributed by atoms with Crippen molar-refractivity contribution in [2.75, 3.05) is 36.4 Å². The lowest BCUT2D eigenvalue weighted by Crippen LogP contribution is -2.50. The molecule has 1 aliphatic heterocycles. The van der Waals surface area contributed by atoms with Crippen molar-refractivity contribution in [3.63, 3.8) is 0 Å². The van der Waals surface area contributed by atoms with Crippen LogP contribution in [-0.4, -0.2) is 52.3 Å². The molecule has 8 heteroatoms. The van der Waals surface area contributed by atoms with Crippen LogP contribution in [-0.2, 0) is 0 Å². The molecule has 0 aliphatic carbocycles. The third-order valence-electron chi connectivity index (χ3n) is 4.63. The summed E-state index contributed by atoms with van der Waals surface area (Å²) in [4.78, 5) is 20.4. The number of halogens is 1. The second-order valence-corrected chi connectivity index (χ2v) is 6.80. The lowest BCUT2D eigenvalue weighted by atomic mass is 10.2. The summed E-state index contributed by atoms with van der Waals surface area (Å²) < 4.78 is 0. The first-order chi connectivity index (χ1) is 13.7. The van der Waals surface area contributed by atoms with Crippen molar-refractivity contribution in [2.24, 2.45) is 0 Å². The minimum absolute atomic E-state index is 0.146. The number of anilines is 2. The van der Waals surface area contributed by atoms with E-state index < -0.39 is 0 Å². The third kappa shape index (κ3) is 4.04. The van der Waals surface area contributed by atoms with Gasteiger partial charge in [-0.1, -0.05) is 23.7 Å². The maximum Gasteiger partial charge on any atom is 0.322 e. The maximum atomic E-state index is 12.5. The van der Waals surface area contributed by atoms with Gasteiger partial charge >= 0.3 is 6.03 Å². The lowest BCUT2D eigenvalue weighted by molar-refractivity contribution is 0.208. The van der Waals surface area contributed by atoms with Crippen LogP contribution in [0.25, 0.3) is 11.3 Å². The van der Waals surface area contributed by atoms with Gasteiger partial charge in [0.2, 0.25) is 0 Å². The number of nitrogens with zero attached hydrogens (tertiary/aromatic N) is 5. The molecule has 0 radical (unpaired) electrons. The SMILES string of the molecule is O=C(Nc1ccccc1Cl)N1CCN(c2ccc(-c3ccncc3)nn2)CC1. The Balaban J connectivity index is 1.35. The van der Waals surface area contributed by atoms with Gasteiger partial charge in [0.15, 0.2) is 5.82 Å². The van der Waals surface area contributed by atoms with Crippen molar-refractivity contribution >= 4 is 29.1 Å². The van der Waals surface area contributed by atoms with E-state index in [1.807, 2.05) is 36.4 Å². The fraction of sp³-hybridized carbons (Fsp3) is 0.200. The normalized spacial score (nSPS) is 14.0. The number of urea groups is 1. The number of carbonyl (C=O) groups excluding carboxylic acids is 1. The van der Waals surface area contributed by atoms with E-state index in [0.717, 1.165) is 17.1 Å². The number of carbonyl (C=O) groups is 1. The Kier molecular flexibility index (Phi) is 5.34. The van der Waals surface area contributed by atoms with E-state index in [2.05, 4.69) is 25.4 Å². The second kappa shape index (κ2) is 8.22. The van der Waals surface area contributed by atoms with Gasteiger partial charge in [0.05, 0.1) is 16.4 Å². The van der Waals surface area contributed by atoms with Crippen molar-refractivity contribution in [1.82, 2.24) is 20.1 Å². The first-order valence-electron chi connectivity index (χ1n) is 9.00. The fourth-order valence-corrected chi connectivity index (χ4v) is 3.25. The van der Waals surface area contributed by atoms with Crippen molar-refractivity contribution in [2.45, 2.75) is 0 Å². The molecule has 142 valence electrons. The maximum absolute atomic E-state index is 12.5. The Hall–Kier alpha value is -3.19. The number of para-hydroxylation sites is 1. The highest BCUT2D eigenvalue weighted by Gasteiger charge is 2.22. The predicted octanol–water partition coefficient (Wildman–Crippen LogP) is 3.55. The van der Waals surface area contributed by atoms with Crippen LogP contribution in [0, 0.1) is 0 Å². The standard InChI is InChI=1S/C20H19ClN6O/c21-16-3-1-2-4-18(16)23-20(28)27-13-11-26(12-14-27)19-6-5-17(24-25-19)15-7-9-22-10-8-15/h1-10H,11-14H2,(H,23,28). The van der Waals surface area contributed by atoms with Crippen molar-refractivity contribution in [3.8, 4) is 11.3 Å². The van der Waals surface area contributed by atoms with E-state index in [0.29, 0.717) is 36.9 Å². The molecule has 28 heavy (non-hydrogen) atoms. The van der Waals surface area contributed by atoms with Gasteiger partial charge < -0.3 is 15.1 Å². The van der Waals surface area contributed by atoms with Crippen LogP contribution in [0.3, 0.4) is 0 Å². The van der Waals surface area contributed by atoms with Crippen LogP contribution in [0.2, 0.25) is 5.02 Å². The van der Waals surface area contributed by atoms with E-state index in [1.165, 1.54) is 0 Å². The molecule has 1 fully saturated rings. The van der Waals surface area contributed by atoms with Crippen molar-refractivity contribution in [3.05, 3.63) is 65.9 Å². The molecule has 1 aromatic carbocycles. The molecule has 1 saturated heterocycles. The topological polar surface area (TPSA) is 74.2 Å². The molecule has 1 aliphatic rings. The molecule has 0 bridgehead atoms. The van der Waals surface area contributed by atoms with Gasteiger partial charge in [-0.05, 0) is 36.4 Å². The molecule has 0 saturated carbocycles.